The van der Waals surface area contributed by atoms with E-state index in [0.29, 0.717) is 30.9 Å². The highest BCUT2D eigenvalue weighted by atomic mass is 127. The molecule has 2 aromatic rings. The van der Waals surface area contributed by atoms with Gasteiger partial charge in [-0.15, -0.1) is 0 Å². The first kappa shape index (κ1) is 30.3. The summed E-state index contributed by atoms with van der Waals surface area (Å²) in [6.45, 7) is 12.1. The summed E-state index contributed by atoms with van der Waals surface area (Å²) in [5.74, 6) is 1.17. The molecule has 0 amide bonds. The van der Waals surface area contributed by atoms with Crippen molar-refractivity contribution in [1.82, 2.24) is 4.90 Å². The minimum atomic E-state index is -0.400. The molecule has 0 saturated carbocycles. The minimum absolute atomic E-state index is 0.129. The average Bonchev–Trinajstić information content (AvgIpc) is 2.88. The van der Waals surface area contributed by atoms with Gasteiger partial charge in [0.15, 0.2) is 23.1 Å². The van der Waals surface area contributed by atoms with E-state index >= 15 is 0 Å². The fraction of sp³-hybridized carbons (Fsp3) is 0.471. The Kier molecular flexibility index (Phi) is 8.52. The fourth-order valence-electron chi connectivity index (χ4n) is 6.66. The van der Waals surface area contributed by atoms with E-state index in [2.05, 4.69) is 84.1 Å². The Morgan fingerprint density at radius 3 is 2.00 bits per heavy atom. The van der Waals surface area contributed by atoms with E-state index in [0.717, 1.165) is 67.5 Å². The van der Waals surface area contributed by atoms with Crippen LogP contribution in [-0.2, 0) is 16.2 Å². The van der Waals surface area contributed by atoms with Gasteiger partial charge in [-0.2, -0.15) is 0 Å². The third kappa shape index (κ3) is 6.03. The molecule has 0 unspecified atom stereocenters. The second kappa shape index (κ2) is 11.5. The average molecular weight is 732 g/mol. The number of methoxy groups -OCH3 is 1. The van der Waals surface area contributed by atoms with Gasteiger partial charge in [-0.3, -0.25) is 9.59 Å². The number of ether oxygens (including phenoxy) is 2. The molecule has 0 aromatic heterocycles. The molecule has 7 heteroatoms. The number of hydrogen-bond donors (Lipinski definition) is 0. The molecule has 218 valence electrons. The Labute approximate surface area is 266 Å². The Morgan fingerprint density at radius 2 is 1.49 bits per heavy atom. The molecule has 5 rings (SSSR count). The Balaban J connectivity index is 1.65. The number of ketones is 2. The van der Waals surface area contributed by atoms with Crippen molar-refractivity contribution in [2.45, 2.75) is 79.2 Å². The van der Waals surface area contributed by atoms with Crippen LogP contribution in [0.1, 0.15) is 83.8 Å². The van der Waals surface area contributed by atoms with E-state index in [1.54, 1.807) is 7.11 Å². The smallest absolute Gasteiger partial charge is 0.174 e. The zero-order valence-corrected chi connectivity index (χ0v) is 28.6. The highest BCUT2D eigenvalue weighted by Crippen LogP contribution is 2.55. The Hall–Kier alpha value is -2.13. The standard InChI is InChI=1S/C34H39BrINO4/c1-7-12-37-24-15-33(2,3)17-26(38)30(24)29(31-25(37)16-34(4,5)18-27(31)39)21-13-23(36)32(28(14-21)40-6)41-19-20-8-10-22(35)11-9-20/h8-11,13-14,29H,7,12,15-19H2,1-6H3. The summed E-state index contributed by atoms with van der Waals surface area (Å²) in [7, 11) is 1.64. The van der Waals surface area contributed by atoms with Crippen molar-refractivity contribution in [2.75, 3.05) is 13.7 Å². The van der Waals surface area contributed by atoms with E-state index in [4.69, 9.17) is 9.47 Å². The summed E-state index contributed by atoms with van der Waals surface area (Å²) in [6, 6.07) is 12.1. The maximum atomic E-state index is 14.0. The molecule has 2 aliphatic carbocycles. The Bertz CT molecular complexity index is 1400. The largest absolute Gasteiger partial charge is 0.493 e. The van der Waals surface area contributed by atoms with E-state index < -0.39 is 5.92 Å². The molecule has 0 radical (unpaired) electrons. The second-order valence-electron chi connectivity index (χ2n) is 13.1. The van der Waals surface area contributed by atoms with Crippen molar-refractivity contribution in [3.63, 3.8) is 0 Å². The van der Waals surface area contributed by atoms with Gasteiger partial charge < -0.3 is 14.4 Å². The molecule has 0 N–H and O–H groups in total. The molecule has 0 fully saturated rings. The maximum Gasteiger partial charge on any atom is 0.174 e. The van der Waals surface area contributed by atoms with Gasteiger partial charge in [0.25, 0.3) is 0 Å². The summed E-state index contributed by atoms with van der Waals surface area (Å²) in [4.78, 5) is 30.3. The van der Waals surface area contributed by atoms with Gasteiger partial charge in [0, 0.05) is 52.3 Å². The monoisotopic (exact) mass is 731 g/mol. The molecule has 0 spiro atoms. The van der Waals surface area contributed by atoms with Crippen molar-refractivity contribution in [1.29, 1.82) is 0 Å². The predicted octanol–water partition coefficient (Wildman–Crippen LogP) is 8.74. The van der Waals surface area contributed by atoms with Crippen molar-refractivity contribution in [3.05, 3.63) is 78.1 Å². The molecule has 1 heterocycles. The van der Waals surface area contributed by atoms with E-state index in [-0.39, 0.29) is 22.4 Å². The van der Waals surface area contributed by atoms with Crippen LogP contribution in [0.2, 0.25) is 0 Å². The molecule has 3 aliphatic rings. The third-order valence-corrected chi connectivity index (χ3v) is 9.68. The SMILES string of the molecule is CCCN1C2=C(C(=O)CC(C)(C)C2)C(c2cc(I)c(OCc3ccc(Br)cc3)c(OC)c2)C2=C1CC(C)(C)CC2=O. The van der Waals surface area contributed by atoms with Crippen LogP contribution in [0.25, 0.3) is 0 Å². The number of carbonyl (C=O) groups is 2. The van der Waals surface area contributed by atoms with Gasteiger partial charge >= 0.3 is 0 Å². The van der Waals surface area contributed by atoms with Crippen molar-refractivity contribution < 1.29 is 19.1 Å². The van der Waals surface area contributed by atoms with Gasteiger partial charge in [-0.25, -0.2) is 0 Å². The molecule has 0 atom stereocenters. The quantitative estimate of drug-likeness (QED) is 0.267. The van der Waals surface area contributed by atoms with Crippen molar-refractivity contribution >= 4 is 50.1 Å². The van der Waals surface area contributed by atoms with E-state index in [1.165, 1.54) is 0 Å². The van der Waals surface area contributed by atoms with Gasteiger partial charge in [0.2, 0.25) is 0 Å². The van der Waals surface area contributed by atoms with Crippen LogP contribution in [0, 0.1) is 14.4 Å². The summed E-state index contributed by atoms with van der Waals surface area (Å²) in [5, 5.41) is 0. The summed E-state index contributed by atoms with van der Waals surface area (Å²) in [6.07, 6.45) is 3.54. The van der Waals surface area contributed by atoms with Crippen molar-refractivity contribution in [2.24, 2.45) is 10.8 Å². The number of Topliss-reactive ketones (excluding diaryl/α,β-unsaturated/α-hetero) is 2. The lowest BCUT2D eigenvalue weighted by Crippen LogP contribution is -2.44. The van der Waals surface area contributed by atoms with Crippen LogP contribution < -0.4 is 9.47 Å². The summed E-state index contributed by atoms with van der Waals surface area (Å²) < 4.78 is 14.0. The predicted molar refractivity (Wildman–Crippen MR) is 174 cm³/mol. The van der Waals surface area contributed by atoms with Gasteiger partial charge in [0.1, 0.15) is 6.61 Å². The molecule has 41 heavy (non-hydrogen) atoms. The topological polar surface area (TPSA) is 55.8 Å². The lowest BCUT2D eigenvalue weighted by Gasteiger charge is -2.49. The number of nitrogens with zero attached hydrogens (tertiary/aromatic N) is 1. The zero-order chi connectivity index (χ0) is 29.7. The first-order valence-corrected chi connectivity index (χ1v) is 16.3. The molecule has 2 aromatic carbocycles. The van der Waals surface area contributed by atoms with Crippen LogP contribution in [0.5, 0.6) is 11.5 Å². The zero-order valence-electron chi connectivity index (χ0n) is 24.8. The lowest BCUT2D eigenvalue weighted by atomic mass is 9.63. The highest BCUT2D eigenvalue weighted by Gasteiger charge is 2.49. The fourth-order valence-corrected chi connectivity index (χ4v) is 7.70. The first-order chi connectivity index (χ1) is 19.3. The number of rotatable bonds is 7. The molecule has 1 aliphatic heterocycles. The number of allylic oxidation sites excluding steroid dienone is 4. The van der Waals surface area contributed by atoms with Crippen LogP contribution in [-0.4, -0.2) is 30.1 Å². The van der Waals surface area contributed by atoms with E-state index in [1.807, 2.05) is 30.3 Å². The molecular formula is C34H39BrINO4. The lowest BCUT2D eigenvalue weighted by molar-refractivity contribution is -0.119. The number of hydrogen-bond acceptors (Lipinski definition) is 5. The van der Waals surface area contributed by atoms with Crippen LogP contribution in [0.3, 0.4) is 0 Å². The summed E-state index contributed by atoms with van der Waals surface area (Å²) >= 11 is 5.77. The van der Waals surface area contributed by atoms with Gasteiger partial charge in [-0.05, 0) is 88.1 Å². The third-order valence-electron chi connectivity index (χ3n) is 8.35. The number of carbonyl (C=O) groups excluding carboxylic acids is 2. The molecule has 0 bridgehead atoms. The first-order valence-electron chi connectivity index (χ1n) is 14.4. The summed E-state index contributed by atoms with van der Waals surface area (Å²) in [5.41, 5.74) is 5.51. The van der Waals surface area contributed by atoms with Crippen molar-refractivity contribution in [3.8, 4) is 11.5 Å². The van der Waals surface area contributed by atoms with Crippen LogP contribution in [0.4, 0.5) is 0 Å². The Morgan fingerprint density at radius 1 is 0.927 bits per heavy atom. The normalized spacial score (nSPS) is 20.2. The molecule has 0 saturated heterocycles. The molecular weight excluding hydrogens is 693 g/mol. The minimum Gasteiger partial charge on any atom is -0.493 e. The van der Waals surface area contributed by atoms with E-state index in [9.17, 15) is 9.59 Å². The highest BCUT2D eigenvalue weighted by molar-refractivity contribution is 14.1. The van der Waals surface area contributed by atoms with Crippen LogP contribution in [0.15, 0.2) is 63.4 Å². The second-order valence-corrected chi connectivity index (χ2v) is 15.2. The number of halogens is 2. The van der Waals surface area contributed by atoms with Crippen LogP contribution >= 0.6 is 38.5 Å². The number of benzene rings is 2. The van der Waals surface area contributed by atoms with Gasteiger partial charge in [-0.1, -0.05) is 62.7 Å². The molecule has 5 nitrogen and oxygen atoms in total. The maximum absolute atomic E-state index is 14.0. The van der Waals surface area contributed by atoms with Gasteiger partial charge in [0.05, 0.1) is 10.7 Å².